The second-order valence-corrected chi connectivity index (χ2v) is 7.70. The van der Waals surface area contributed by atoms with E-state index in [-0.39, 0.29) is 4.90 Å². The molecule has 3 aromatic rings. The number of hydrogen-bond acceptors (Lipinski definition) is 5. The summed E-state index contributed by atoms with van der Waals surface area (Å²) in [5, 5.41) is 1.57. The number of sulfonamides is 1. The molecule has 1 saturated heterocycles. The summed E-state index contributed by atoms with van der Waals surface area (Å²) < 4.78 is 28.1. The molecule has 4 rings (SSSR count). The first-order chi connectivity index (χ1) is 12.1. The lowest BCUT2D eigenvalue weighted by molar-refractivity contribution is 0.602. The van der Waals surface area contributed by atoms with Crippen molar-refractivity contribution in [2.24, 2.45) is 0 Å². The molecule has 2 aromatic carbocycles. The van der Waals surface area contributed by atoms with Crippen LogP contribution >= 0.6 is 0 Å². The molecule has 0 saturated carbocycles. The third-order valence-corrected chi connectivity index (χ3v) is 5.76. The first-order valence-corrected chi connectivity index (χ1v) is 9.69. The van der Waals surface area contributed by atoms with Crippen LogP contribution in [0.25, 0.3) is 10.8 Å². The summed E-state index contributed by atoms with van der Waals surface area (Å²) in [6.07, 6.45) is 5.31. The van der Waals surface area contributed by atoms with E-state index in [0.717, 1.165) is 31.3 Å². The van der Waals surface area contributed by atoms with Crippen LogP contribution in [0.2, 0.25) is 0 Å². The summed E-state index contributed by atoms with van der Waals surface area (Å²) in [5.41, 5.74) is 0.357. The van der Waals surface area contributed by atoms with Gasteiger partial charge >= 0.3 is 0 Å². The van der Waals surface area contributed by atoms with Crippen LogP contribution in [0.1, 0.15) is 12.8 Å². The van der Waals surface area contributed by atoms with Gasteiger partial charge in [-0.3, -0.25) is 4.72 Å². The molecule has 0 amide bonds. The van der Waals surface area contributed by atoms with Crippen molar-refractivity contribution in [2.75, 3.05) is 22.7 Å². The van der Waals surface area contributed by atoms with Crippen molar-refractivity contribution in [1.82, 2.24) is 9.97 Å². The molecule has 2 heterocycles. The largest absolute Gasteiger partial charge is 0.341 e. The maximum Gasteiger partial charge on any atom is 0.262 e. The fourth-order valence-electron chi connectivity index (χ4n) is 3.09. The Morgan fingerprint density at radius 3 is 2.36 bits per heavy atom. The van der Waals surface area contributed by atoms with Crippen LogP contribution in [-0.4, -0.2) is 31.5 Å². The number of fused-ring (bicyclic) bond motifs is 1. The maximum atomic E-state index is 12.8. The normalized spacial score (nSPS) is 14.8. The number of nitrogens with one attached hydrogen (secondary N) is 1. The molecule has 1 aromatic heterocycles. The molecule has 1 N–H and O–H groups in total. The van der Waals surface area contributed by atoms with Crippen molar-refractivity contribution in [2.45, 2.75) is 17.7 Å². The monoisotopic (exact) mass is 354 g/mol. The predicted octanol–water partition coefficient (Wildman–Crippen LogP) is 3.03. The average molecular weight is 354 g/mol. The molecule has 1 aliphatic rings. The smallest absolute Gasteiger partial charge is 0.262 e. The Morgan fingerprint density at radius 2 is 1.60 bits per heavy atom. The first-order valence-electron chi connectivity index (χ1n) is 8.21. The minimum Gasteiger partial charge on any atom is -0.341 e. The summed E-state index contributed by atoms with van der Waals surface area (Å²) in [6, 6.07) is 12.6. The second kappa shape index (κ2) is 6.33. The summed E-state index contributed by atoms with van der Waals surface area (Å²) in [7, 11) is -3.72. The van der Waals surface area contributed by atoms with Gasteiger partial charge in [0.2, 0.25) is 5.95 Å². The number of benzene rings is 2. The highest BCUT2D eigenvalue weighted by Gasteiger charge is 2.19. The van der Waals surface area contributed by atoms with Gasteiger partial charge in [0.25, 0.3) is 10.0 Å². The quantitative estimate of drug-likeness (QED) is 0.779. The van der Waals surface area contributed by atoms with E-state index in [0.29, 0.717) is 17.0 Å². The third-order valence-electron chi connectivity index (χ3n) is 4.32. The van der Waals surface area contributed by atoms with E-state index in [2.05, 4.69) is 19.6 Å². The van der Waals surface area contributed by atoms with E-state index in [9.17, 15) is 8.42 Å². The lowest BCUT2D eigenvalue weighted by Crippen LogP contribution is -2.20. The zero-order chi connectivity index (χ0) is 17.3. The highest BCUT2D eigenvalue weighted by atomic mass is 32.2. The van der Waals surface area contributed by atoms with Gasteiger partial charge in [0.15, 0.2) is 0 Å². The van der Waals surface area contributed by atoms with Crippen molar-refractivity contribution in [3.8, 4) is 0 Å². The summed E-state index contributed by atoms with van der Waals surface area (Å²) in [4.78, 5) is 10.9. The van der Waals surface area contributed by atoms with E-state index < -0.39 is 10.0 Å². The number of hydrogen-bond donors (Lipinski definition) is 1. The Bertz CT molecular complexity index is 992. The zero-order valence-electron chi connectivity index (χ0n) is 13.6. The lowest BCUT2D eigenvalue weighted by atomic mass is 10.1. The molecular weight excluding hydrogens is 336 g/mol. The van der Waals surface area contributed by atoms with Gasteiger partial charge in [0.1, 0.15) is 0 Å². The standard InChI is InChI=1S/C18H18N4O2S/c23-25(24,17-9-5-7-14-6-1-2-8-16(14)17)21-15-12-19-18(20-13-15)22-10-3-4-11-22/h1-2,5-9,12-13,21H,3-4,10-11H2. The molecule has 0 unspecified atom stereocenters. The van der Waals surface area contributed by atoms with E-state index >= 15 is 0 Å². The number of rotatable bonds is 4. The van der Waals surface area contributed by atoms with Crippen molar-refractivity contribution in [3.05, 3.63) is 54.9 Å². The van der Waals surface area contributed by atoms with Crippen LogP contribution in [0.3, 0.4) is 0 Å². The highest BCUT2D eigenvalue weighted by molar-refractivity contribution is 7.93. The van der Waals surface area contributed by atoms with E-state index in [1.807, 2.05) is 24.3 Å². The number of nitrogens with zero attached hydrogens (tertiary/aromatic N) is 3. The average Bonchev–Trinajstić information content (AvgIpc) is 3.16. The van der Waals surface area contributed by atoms with Crippen LogP contribution in [0.15, 0.2) is 59.8 Å². The Morgan fingerprint density at radius 1 is 0.920 bits per heavy atom. The number of anilines is 2. The Hall–Kier alpha value is -2.67. The summed E-state index contributed by atoms with van der Waals surface area (Å²) >= 11 is 0. The maximum absolute atomic E-state index is 12.8. The van der Waals surface area contributed by atoms with Crippen LogP contribution in [0.4, 0.5) is 11.6 Å². The van der Waals surface area contributed by atoms with Crippen LogP contribution in [0, 0.1) is 0 Å². The van der Waals surface area contributed by atoms with Crippen molar-refractivity contribution in [1.29, 1.82) is 0 Å². The molecular formula is C18H18N4O2S. The number of aromatic nitrogens is 2. The molecule has 0 radical (unpaired) electrons. The Labute approximate surface area is 146 Å². The van der Waals surface area contributed by atoms with E-state index in [4.69, 9.17) is 0 Å². The molecule has 128 valence electrons. The highest BCUT2D eigenvalue weighted by Crippen LogP contribution is 2.25. The SMILES string of the molecule is O=S(=O)(Nc1cnc(N2CCCC2)nc1)c1cccc2ccccc12. The predicted molar refractivity (Wildman–Crippen MR) is 98.2 cm³/mol. The minimum atomic E-state index is -3.72. The fourth-order valence-corrected chi connectivity index (χ4v) is 4.35. The van der Waals surface area contributed by atoms with Crippen molar-refractivity contribution >= 4 is 32.4 Å². The summed E-state index contributed by atoms with van der Waals surface area (Å²) in [5.74, 6) is 0.644. The fraction of sp³-hybridized carbons (Fsp3) is 0.222. The molecule has 0 spiro atoms. The van der Waals surface area contributed by atoms with E-state index in [1.165, 1.54) is 12.4 Å². The molecule has 25 heavy (non-hydrogen) atoms. The van der Waals surface area contributed by atoms with Gasteiger partial charge in [0.05, 0.1) is 23.0 Å². The van der Waals surface area contributed by atoms with Gasteiger partial charge in [-0.1, -0.05) is 36.4 Å². The van der Waals surface area contributed by atoms with Crippen LogP contribution in [-0.2, 0) is 10.0 Å². The van der Waals surface area contributed by atoms with Crippen LogP contribution < -0.4 is 9.62 Å². The zero-order valence-corrected chi connectivity index (χ0v) is 14.4. The molecule has 6 nitrogen and oxygen atoms in total. The van der Waals surface area contributed by atoms with Gasteiger partial charge < -0.3 is 4.90 Å². The molecule has 0 bridgehead atoms. The third kappa shape index (κ3) is 3.15. The second-order valence-electron chi connectivity index (χ2n) is 6.05. The van der Waals surface area contributed by atoms with Gasteiger partial charge in [-0.25, -0.2) is 18.4 Å². The Kier molecular flexibility index (Phi) is 4.01. The molecule has 0 atom stereocenters. The van der Waals surface area contributed by atoms with Gasteiger partial charge in [-0.2, -0.15) is 0 Å². The minimum absolute atomic E-state index is 0.245. The van der Waals surface area contributed by atoms with E-state index in [1.54, 1.807) is 18.2 Å². The molecule has 1 aliphatic heterocycles. The Balaban J connectivity index is 1.62. The first kappa shape index (κ1) is 15.8. The van der Waals surface area contributed by atoms with Crippen LogP contribution in [0.5, 0.6) is 0 Å². The van der Waals surface area contributed by atoms with Gasteiger partial charge in [-0.15, -0.1) is 0 Å². The molecule has 7 heteroatoms. The molecule has 0 aliphatic carbocycles. The summed E-state index contributed by atoms with van der Waals surface area (Å²) in [6.45, 7) is 1.89. The van der Waals surface area contributed by atoms with Crippen molar-refractivity contribution < 1.29 is 8.42 Å². The lowest BCUT2D eigenvalue weighted by Gasteiger charge is -2.15. The van der Waals surface area contributed by atoms with Gasteiger partial charge in [-0.05, 0) is 24.3 Å². The van der Waals surface area contributed by atoms with Gasteiger partial charge in [0, 0.05) is 18.5 Å². The molecule has 1 fully saturated rings. The van der Waals surface area contributed by atoms with Crippen molar-refractivity contribution in [3.63, 3.8) is 0 Å². The topological polar surface area (TPSA) is 75.2 Å².